The van der Waals surface area contributed by atoms with Crippen molar-refractivity contribution in [3.8, 4) is 0 Å². The molecule has 0 aliphatic rings. The molecule has 0 saturated carbocycles. The van der Waals surface area contributed by atoms with E-state index >= 15 is 0 Å². The zero-order valence-corrected chi connectivity index (χ0v) is 13.4. The summed E-state index contributed by atoms with van der Waals surface area (Å²) in [6.07, 6.45) is 2.59. The summed E-state index contributed by atoms with van der Waals surface area (Å²) < 4.78 is 7.28. The minimum atomic E-state index is -0.0940. The van der Waals surface area contributed by atoms with Crippen LogP contribution in [0.3, 0.4) is 0 Å². The molecule has 19 heavy (non-hydrogen) atoms. The standard InChI is InChI=1S/C13H22BrN3O2/c1-4-19-7-5-6-15-11-8-16-17(9-10(2)3)13(18)12(11)14/h8,10,15H,4-7,9H2,1-3H3. The highest BCUT2D eigenvalue weighted by Crippen LogP contribution is 2.16. The van der Waals surface area contributed by atoms with Crippen molar-refractivity contribution in [2.75, 3.05) is 25.1 Å². The van der Waals surface area contributed by atoms with Crippen molar-refractivity contribution < 1.29 is 4.74 Å². The molecule has 0 amide bonds. The number of hydrogen-bond donors (Lipinski definition) is 1. The third kappa shape index (κ3) is 5.32. The van der Waals surface area contributed by atoms with Crippen LogP contribution in [-0.4, -0.2) is 29.5 Å². The first-order valence-electron chi connectivity index (χ1n) is 6.63. The molecule has 1 heterocycles. The average molecular weight is 332 g/mol. The predicted octanol–water partition coefficient (Wildman–Crippen LogP) is 2.50. The molecule has 0 aliphatic heterocycles. The van der Waals surface area contributed by atoms with Gasteiger partial charge in [0.1, 0.15) is 4.47 Å². The van der Waals surface area contributed by atoms with Crippen molar-refractivity contribution in [3.05, 3.63) is 21.0 Å². The maximum atomic E-state index is 12.0. The van der Waals surface area contributed by atoms with E-state index < -0.39 is 0 Å². The Morgan fingerprint density at radius 3 is 2.89 bits per heavy atom. The highest BCUT2D eigenvalue weighted by molar-refractivity contribution is 9.10. The molecule has 108 valence electrons. The second kappa shape index (κ2) is 8.32. The second-order valence-corrected chi connectivity index (χ2v) is 5.52. The quantitative estimate of drug-likeness (QED) is 0.743. The zero-order chi connectivity index (χ0) is 14.3. The number of ether oxygens (including phenoxy) is 1. The molecule has 0 aromatic carbocycles. The van der Waals surface area contributed by atoms with E-state index in [4.69, 9.17) is 4.74 Å². The first kappa shape index (κ1) is 16.2. The highest BCUT2D eigenvalue weighted by atomic mass is 79.9. The molecular formula is C13H22BrN3O2. The first-order valence-corrected chi connectivity index (χ1v) is 7.42. The molecule has 0 fully saturated rings. The Labute approximate surface area is 122 Å². The van der Waals surface area contributed by atoms with Gasteiger partial charge in [0.25, 0.3) is 5.56 Å². The third-order valence-electron chi connectivity index (χ3n) is 2.51. The molecule has 1 aromatic rings. The number of anilines is 1. The Balaban J connectivity index is 2.61. The molecule has 0 aliphatic carbocycles. The monoisotopic (exact) mass is 331 g/mol. The largest absolute Gasteiger partial charge is 0.383 e. The van der Waals surface area contributed by atoms with E-state index in [9.17, 15) is 4.79 Å². The van der Waals surface area contributed by atoms with Gasteiger partial charge in [-0.3, -0.25) is 4.79 Å². The van der Waals surface area contributed by atoms with Gasteiger partial charge in [-0.25, -0.2) is 4.68 Å². The van der Waals surface area contributed by atoms with Gasteiger partial charge < -0.3 is 10.1 Å². The lowest BCUT2D eigenvalue weighted by atomic mass is 10.2. The van der Waals surface area contributed by atoms with Crippen LogP contribution < -0.4 is 10.9 Å². The number of hydrogen-bond acceptors (Lipinski definition) is 4. The number of rotatable bonds is 8. The third-order valence-corrected chi connectivity index (χ3v) is 3.27. The SMILES string of the molecule is CCOCCCNc1cnn(CC(C)C)c(=O)c1Br. The molecule has 0 bridgehead atoms. The van der Waals surface area contributed by atoms with Crippen LogP contribution in [-0.2, 0) is 11.3 Å². The van der Waals surface area contributed by atoms with Gasteiger partial charge in [0.15, 0.2) is 0 Å². The minimum Gasteiger partial charge on any atom is -0.383 e. The molecule has 1 N–H and O–H groups in total. The summed E-state index contributed by atoms with van der Waals surface area (Å²) in [5.74, 6) is 0.391. The summed E-state index contributed by atoms with van der Waals surface area (Å²) in [4.78, 5) is 12.0. The van der Waals surface area contributed by atoms with Crippen LogP contribution in [0.15, 0.2) is 15.5 Å². The number of nitrogens with zero attached hydrogens (tertiary/aromatic N) is 2. The normalized spacial score (nSPS) is 11.0. The molecule has 0 atom stereocenters. The molecule has 0 unspecified atom stereocenters. The fourth-order valence-electron chi connectivity index (χ4n) is 1.61. The lowest BCUT2D eigenvalue weighted by Gasteiger charge is -2.11. The van der Waals surface area contributed by atoms with Crippen LogP contribution in [0, 0.1) is 5.92 Å². The van der Waals surface area contributed by atoms with Crippen molar-refractivity contribution in [1.82, 2.24) is 9.78 Å². The van der Waals surface area contributed by atoms with Gasteiger partial charge in [0.2, 0.25) is 0 Å². The Bertz CT molecular complexity index is 446. The molecular weight excluding hydrogens is 310 g/mol. The fourth-order valence-corrected chi connectivity index (χ4v) is 2.05. The molecule has 0 saturated heterocycles. The summed E-state index contributed by atoms with van der Waals surface area (Å²) in [7, 11) is 0. The van der Waals surface area contributed by atoms with Gasteiger partial charge in [-0.15, -0.1) is 0 Å². The van der Waals surface area contributed by atoms with Crippen LogP contribution in [0.1, 0.15) is 27.2 Å². The van der Waals surface area contributed by atoms with Crippen molar-refractivity contribution in [2.45, 2.75) is 33.7 Å². The first-order chi connectivity index (χ1) is 9.06. The smallest absolute Gasteiger partial charge is 0.283 e. The van der Waals surface area contributed by atoms with E-state index in [1.807, 2.05) is 6.92 Å². The van der Waals surface area contributed by atoms with Gasteiger partial charge in [0.05, 0.1) is 11.9 Å². The maximum absolute atomic E-state index is 12.0. The Morgan fingerprint density at radius 2 is 2.26 bits per heavy atom. The van der Waals surface area contributed by atoms with Gasteiger partial charge in [0, 0.05) is 26.3 Å². The maximum Gasteiger partial charge on any atom is 0.283 e. The van der Waals surface area contributed by atoms with Gasteiger partial charge in [-0.2, -0.15) is 5.10 Å². The highest BCUT2D eigenvalue weighted by Gasteiger charge is 2.09. The second-order valence-electron chi connectivity index (χ2n) is 4.73. The van der Waals surface area contributed by atoms with Crippen LogP contribution in [0.25, 0.3) is 0 Å². The summed E-state index contributed by atoms with van der Waals surface area (Å²) in [6, 6.07) is 0. The molecule has 6 heteroatoms. The summed E-state index contributed by atoms with van der Waals surface area (Å²) >= 11 is 3.34. The Hall–Kier alpha value is -0.880. The van der Waals surface area contributed by atoms with E-state index in [-0.39, 0.29) is 5.56 Å². The number of aromatic nitrogens is 2. The summed E-state index contributed by atoms with van der Waals surface area (Å²) in [5.41, 5.74) is 0.644. The molecule has 1 aromatic heterocycles. The van der Waals surface area contributed by atoms with Gasteiger partial charge in [-0.1, -0.05) is 13.8 Å². The zero-order valence-electron chi connectivity index (χ0n) is 11.8. The topological polar surface area (TPSA) is 56.1 Å². The van der Waals surface area contributed by atoms with Crippen LogP contribution >= 0.6 is 15.9 Å². The molecule has 0 spiro atoms. The number of nitrogens with one attached hydrogen (secondary N) is 1. The van der Waals surface area contributed by atoms with E-state index in [1.165, 1.54) is 4.68 Å². The Kier molecular flexibility index (Phi) is 7.09. The minimum absolute atomic E-state index is 0.0940. The average Bonchev–Trinajstić information content (AvgIpc) is 2.37. The van der Waals surface area contributed by atoms with Crippen molar-refractivity contribution >= 4 is 21.6 Å². The van der Waals surface area contributed by atoms with E-state index in [0.29, 0.717) is 16.9 Å². The Morgan fingerprint density at radius 1 is 1.53 bits per heavy atom. The van der Waals surface area contributed by atoms with Gasteiger partial charge >= 0.3 is 0 Å². The van der Waals surface area contributed by atoms with Crippen LogP contribution in [0.5, 0.6) is 0 Å². The fraction of sp³-hybridized carbons (Fsp3) is 0.692. The molecule has 5 nitrogen and oxygen atoms in total. The number of halogens is 1. The molecule has 0 radical (unpaired) electrons. The molecule has 1 rings (SSSR count). The van der Waals surface area contributed by atoms with Crippen LogP contribution in [0.2, 0.25) is 0 Å². The van der Waals surface area contributed by atoms with E-state index in [1.54, 1.807) is 6.20 Å². The van der Waals surface area contributed by atoms with Crippen molar-refractivity contribution in [3.63, 3.8) is 0 Å². The lowest BCUT2D eigenvalue weighted by Crippen LogP contribution is -2.26. The van der Waals surface area contributed by atoms with Crippen LogP contribution in [0.4, 0.5) is 5.69 Å². The predicted molar refractivity (Wildman–Crippen MR) is 80.6 cm³/mol. The summed E-state index contributed by atoms with van der Waals surface area (Å²) in [6.45, 7) is 8.93. The summed E-state index contributed by atoms with van der Waals surface area (Å²) in [5, 5.41) is 7.37. The lowest BCUT2D eigenvalue weighted by molar-refractivity contribution is 0.147. The van der Waals surface area contributed by atoms with E-state index in [2.05, 4.69) is 40.2 Å². The van der Waals surface area contributed by atoms with Gasteiger partial charge in [-0.05, 0) is 35.2 Å². The van der Waals surface area contributed by atoms with Crippen molar-refractivity contribution in [2.24, 2.45) is 5.92 Å². The van der Waals surface area contributed by atoms with Crippen molar-refractivity contribution in [1.29, 1.82) is 0 Å². The van der Waals surface area contributed by atoms with E-state index in [0.717, 1.165) is 31.9 Å².